The highest BCUT2D eigenvalue weighted by molar-refractivity contribution is 6.06. The first-order valence-corrected chi connectivity index (χ1v) is 6.98. The molecule has 2 aromatic carbocycles. The number of fused-ring (bicyclic) bond motifs is 3. The van der Waals surface area contributed by atoms with Gasteiger partial charge in [0.05, 0.1) is 10.8 Å². The third-order valence-corrected chi connectivity index (χ3v) is 3.37. The van der Waals surface area contributed by atoms with Gasteiger partial charge >= 0.3 is 0 Å². The van der Waals surface area contributed by atoms with E-state index in [4.69, 9.17) is 0 Å². The van der Waals surface area contributed by atoms with E-state index in [2.05, 4.69) is 0 Å². The van der Waals surface area contributed by atoms with E-state index in [1.165, 1.54) is 31.3 Å². The molecule has 3 rings (SSSR count). The van der Waals surface area contributed by atoms with Crippen LogP contribution in [-0.2, 0) is 7.05 Å². The Bertz CT molecular complexity index is 895. The number of aromatic nitrogens is 1. The normalized spacial score (nSPS) is 10.3. The first kappa shape index (κ1) is 15.6. The van der Waals surface area contributed by atoms with Gasteiger partial charge in [-0.25, -0.2) is 0 Å². The van der Waals surface area contributed by atoms with Crippen LogP contribution in [0.25, 0.3) is 21.5 Å². The molecule has 2 N–H and O–H groups in total. The van der Waals surface area contributed by atoms with Gasteiger partial charge in [0.15, 0.2) is 0 Å². The van der Waals surface area contributed by atoms with E-state index in [0.29, 0.717) is 10.8 Å². The Morgan fingerprint density at radius 3 is 1.45 bits per heavy atom. The summed E-state index contributed by atoms with van der Waals surface area (Å²) in [7, 11) is 1.37. The average Bonchev–Trinajstić information content (AvgIpc) is 2.60. The molecule has 0 unspecified atom stereocenters. The largest absolute Gasteiger partial charge is 0.508 e. The standard InChI is InChI=1S/C15H11NO4.C2H6/c1-16-14(19)12-6-8(17)2-4-10(12)11-5-3-9(18)7-13(11)15(16)20;1-2/h2-7,17-18H,1H3;1-2H3. The Kier molecular flexibility index (Phi) is 4.17. The van der Waals surface area contributed by atoms with Gasteiger partial charge in [-0.2, -0.15) is 0 Å². The van der Waals surface area contributed by atoms with Gasteiger partial charge in [-0.1, -0.05) is 13.8 Å². The van der Waals surface area contributed by atoms with E-state index in [1.54, 1.807) is 12.1 Å². The maximum atomic E-state index is 12.3. The number of aromatic hydroxyl groups is 2. The van der Waals surface area contributed by atoms with Gasteiger partial charge < -0.3 is 10.2 Å². The topological polar surface area (TPSA) is 79.5 Å². The molecule has 0 bridgehead atoms. The fourth-order valence-corrected chi connectivity index (χ4v) is 2.34. The third kappa shape index (κ3) is 2.41. The van der Waals surface area contributed by atoms with Crippen LogP contribution in [0.1, 0.15) is 13.8 Å². The zero-order chi connectivity index (χ0) is 16.4. The predicted molar refractivity (Wildman–Crippen MR) is 87.6 cm³/mol. The van der Waals surface area contributed by atoms with Crippen molar-refractivity contribution in [3.05, 3.63) is 57.1 Å². The van der Waals surface area contributed by atoms with Crippen molar-refractivity contribution in [2.75, 3.05) is 0 Å². The van der Waals surface area contributed by atoms with Gasteiger partial charge in [0.1, 0.15) is 11.5 Å². The van der Waals surface area contributed by atoms with Crippen LogP contribution in [0.3, 0.4) is 0 Å². The second-order valence-electron chi connectivity index (χ2n) is 4.63. The number of hydrogen-bond donors (Lipinski definition) is 2. The molecule has 0 aliphatic carbocycles. The molecule has 0 amide bonds. The van der Waals surface area contributed by atoms with E-state index in [0.717, 1.165) is 4.57 Å². The summed E-state index contributed by atoms with van der Waals surface area (Å²) in [6.45, 7) is 4.00. The molecule has 1 heterocycles. The molecule has 3 aromatic rings. The van der Waals surface area contributed by atoms with Gasteiger partial charge in [0.25, 0.3) is 11.1 Å². The second kappa shape index (κ2) is 5.89. The molecule has 0 atom stereocenters. The molecular weight excluding hydrogens is 282 g/mol. The molecule has 0 saturated heterocycles. The molecule has 0 fully saturated rings. The number of rotatable bonds is 0. The van der Waals surface area contributed by atoms with Gasteiger partial charge in [-0.05, 0) is 47.2 Å². The van der Waals surface area contributed by atoms with Crippen molar-refractivity contribution in [2.24, 2.45) is 7.05 Å². The molecule has 5 nitrogen and oxygen atoms in total. The molecule has 5 heteroatoms. The SMILES string of the molecule is CC.Cn1c(=O)c2cc(O)ccc2c2ccc(O)cc2c1=O. The van der Waals surface area contributed by atoms with Crippen molar-refractivity contribution >= 4 is 21.5 Å². The summed E-state index contributed by atoms with van der Waals surface area (Å²) in [5, 5.41) is 20.7. The lowest BCUT2D eigenvalue weighted by molar-refractivity contribution is 0.475. The van der Waals surface area contributed by atoms with Gasteiger partial charge in [-0.15, -0.1) is 0 Å². The van der Waals surface area contributed by atoms with Gasteiger partial charge in [0.2, 0.25) is 0 Å². The molecular formula is C17H17NO4. The van der Waals surface area contributed by atoms with Crippen LogP contribution in [0.4, 0.5) is 0 Å². The summed E-state index contributed by atoms with van der Waals surface area (Å²) in [6.07, 6.45) is 0. The monoisotopic (exact) mass is 299 g/mol. The maximum absolute atomic E-state index is 12.3. The van der Waals surface area contributed by atoms with Crippen molar-refractivity contribution in [1.82, 2.24) is 4.57 Å². The van der Waals surface area contributed by atoms with Crippen LogP contribution in [0.5, 0.6) is 11.5 Å². The van der Waals surface area contributed by atoms with E-state index in [1.807, 2.05) is 13.8 Å². The predicted octanol–water partition coefficient (Wildman–Crippen LogP) is 2.49. The van der Waals surface area contributed by atoms with Crippen molar-refractivity contribution in [1.29, 1.82) is 0 Å². The number of hydrogen-bond acceptors (Lipinski definition) is 4. The molecule has 1 aromatic heterocycles. The summed E-state index contributed by atoms with van der Waals surface area (Å²) in [5.41, 5.74) is -0.979. The first-order valence-electron chi connectivity index (χ1n) is 6.98. The Balaban J connectivity index is 0.000000847. The highest BCUT2D eigenvalue weighted by Crippen LogP contribution is 2.25. The van der Waals surface area contributed by atoms with E-state index in [-0.39, 0.29) is 22.3 Å². The molecule has 22 heavy (non-hydrogen) atoms. The fourth-order valence-electron chi connectivity index (χ4n) is 2.34. The molecule has 114 valence electrons. The van der Waals surface area contributed by atoms with Crippen LogP contribution >= 0.6 is 0 Å². The summed E-state index contributed by atoms with van der Waals surface area (Å²) in [6, 6.07) is 8.76. The number of phenols is 2. The molecule has 0 spiro atoms. The van der Waals surface area contributed by atoms with E-state index < -0.39 is 11.1 Å². The Labute approximate surface area is 126 Å². The first-order chi connectivity index (χ1) is 10.5. The summed E-state index contributed by atoms with van der Waals surface area (Å²) < 4.78 is 0.976. The van der Waals surface area contributed by atoms with Gasteiger partial charge in [0, 0.05) is 7.05 Å². The van der Waals surface area contributed by atoms with Crippen molar-refractivity contribution in [3.63, 3.8) is 0 Å². The molecule has 0 aliphatic rings. The second-order valence-corrected chi connectivity index (χ2v) is 4.63. The average molecular weight is 299 g/mol. The highest BCUT2D eigenvalue weighted by atomic mass is 16.3. The van der Waals surface area contributed by atoms with Crippen molar-refractivity contribution < 1.29 is 10.2 Å². The molecule has 0 aliphatic heterocycles. The minimum absolute atomic E-state index is 0.0415. The van der Waals surface area contributed by atoms with Crippen LogP contribution in [-0.4, -0.2) is 14.8 Å². The minimum atomic E-state index is -0.489. The van der Waals surface area contributed by atoms with Crippen LogP contribution < -0.4 is 11.1 Å². The zero-order valence-corrected chi connectivity index (χ0v) is 12.6. The fraction of sp³-hybridized carbons (Fsp3) is 0.176. The highest BCUT2D eigenvalue weighted by Gasteiger charge is 2.10. The maximum Gasteiger partial charge on any atom is 0.261 e. The summed E-state index contributed by atoms with van der Waals surface area (Å²) in [5.74, 6) is -0.0830. The lowest BCUT2D eigenvalue weighted by atomic mass is 10.1. The summed E-state index contributed by atoms with van der Waals surface area (Å²) >= 11 is 0. The Morgan fingerprint density at radius 2 is 1.09 bits per heavy atom. The Hall–Kier alpha value is -2.82. The Morgan fingerprint density at radius 1 is 0.727 bits per heavy atom. The lowest BCUT2D eigenvalue weighted by Crippen LogP contribution is -2.26. The third-order valence-electron chi connectivity index (χ3n) is 3.37. The van der Waals surface area contributed by atoms with Crippen molar-refractivity contribution in [2.45, 2.75) is 13.8 Å². The smallest absolute Gasteiger partial charge is 0.261 e. The minimum Gasteiger partial charge on any atom is -0.508 e. The number of benzene rings is 2. The molecule has 0 saturated carbocycles. The summed E-state index contributed by atoms with van der Waals surface area (Å²) in [4.78, 5) is 24.6. The quantitative estimate of drug-likeness (QED) is 0.668. The van der Waals surface area contributed by atoms with Crippen LogP contribution in [0.15, 0.2) is 46.0 Å². The number of nitrogens with zero attached hydrogens (tertiary/aromatic N) is 1. The van der Waals surface area contributed by atoms with E-state index >= 15 is 0 Å². The zero-order valence-electron chi connectivity index (χ0n) is 12.6. The molecule has 0 radical (unpaired) electrons. The van der Waals surface area contributed by atoms with Crippen LogP contribution in [0, 0.1) is 0 Å². The lowest BCUT2D eigenvalue weighted by Gasteiger charge is -1.98. The van der Waals surface area contributed by atoms with Crippen molar-refractivity contribution in [3.8, 4) is 11.5 Å². The van der Waals surface area contributed by atoms with E-state index in [9.17, 15) is 19.8 Å². The van der Waals surface area contributed by atoms with Crippen LogP contribution in [0.2, 0.25) is 0 Å². The number of phenolic OH excluding ortho intramolecular Hbond substituents is 2. The van der Waals surface area contributed by atoms with Gasteiger partial charge in [-0.3, -0.25) is 14.2 Å².